The molecule has 0 bridgehead atoms. The van der Waals surface area contributed by atoms with E-state index in [0.717, 1.165) is 46.3 Å². The zero-order valence-corrected chi connectivity index (χ0v) is 20.9. The summed E-state index contributed by atoms with van der Waals surface area (Å²) in [5, 5.41) is 10.8. The van der Waals surface area contributed by atoms with Gasteiger partial charge in [0.05, 0.1) is 4.88 Å². The van der Waals surface area contributed by atoms with Gasteiger partial charge in [0, 0.05) is 49.2 Å². The first kappa shape index (κ1) is 24.0. The molecule has 7 nitrogen and oxygen atoms in total. The molecule has 2 aromatic heterocycles. The maximum absolute atomic E-state index is 9.82. The molecule has 0 spiro atoms. The molecule has 3 heterocycles. The lowest BCUT2D eigenvalue weighted by molar-refractivity contribution is 0.143. The van der Waals surface area contributed by atoms with Gasteiger partial charge in [0.2, 0.25) is 0 Å². The van der Waals surface area contributed by atoms with Gasteiger partial charge >= 0.3 is 0 Å². The van der Waals surface area contributed by atoms with Crippen molar-refractivity contribution < 1.29 is 9.84 Å². The third kappa shape index (κ3) is 6.06. The number of pyridine rings is 1. The molecule has 178 valence electrons. The first-order chi connectivity index (χ1) is 16.2. The summed E-state index contributed by atoms with van der Waals surface area (Å²) in [6.07, 6.45) is 3.66. The minimum Gasteiger partial charge on any atom is -0.485 e. The minimum atomic E-state index is -1.04. The quantitative estimate of drug-likeness (QED) is 0.543. The molecular weight excluding hydrogens is 446 g/mol. The van der Waals surface area contributed by atoms with Gasteiger partial charge in [0.25, 0.3) is 0 Å². The van der Waals surface area contributed by atoms with Crippen molar-refractivity contribution in [2.75, 3.05) is 37.3 Å². The molecule has 3 aromatic rings. The van der Waals surface area contributed by atoms with Gasteiger partial charge in [-0.3, -0.25) is 0 Å². The maximum Gasteiger partial charge on any atom is 0.186 e. The first-order valence-corrected chi connectivity index (χ1v) is 12.1. The van der Waals surface area contributed by atoms with Crippen LogP contribution >= 0.6 is 11.3 Å². The monoisotopic (exact) mass is 477 g/mol. The van der Waals surface area contributed by atoms with E-state index in [1.54, 1.807) is 31.4 Å². The Balaban J connectivity index is 1.47. The number of benzene rings is 1. The van der Waals surface area contributed by atoms with Gasteiger partial charge < -0.3 is 25.4 Å². The molecule has 8 heteroatoms. The van der Waals surface area contributed by atoms with E-state index in [9.17, 15) is 5.11 Å². The van der Waals surface area contributed by atoms with Crippen LogP contribution in [0.3, 0.4) is 0 Å². The van der Waals surface area contributed by atoms with Gasteiger partial charge in [-0.15, -0.1) is 0 Å². The van der Waals surface area contributed by atoms with Gasteiger partial charge in [-0.1, -0.05) is 35.3 Å². The molecule has 0 saturated carbocycles. The van der Waals surface area contributed by atoms with Gasteiger partial charge in [-0.25, -0.2) is 9.97 Å². The number of likely N-dealkylation sites (N-methyl/N-ethyl adjacent to an activating group) is 1. The molecule has 0 aliphatic carbocycles. The number of hydrogen-bond donors (Lipinski definition) is 2. The molecule has 0 amide bonds. The van der Waals surface area contributed by atoms with Crippen LogP contribution < -0.4 is 15.4 Å². The SMILES string of the molecule is CC1CN(C)CCN1c1ncc(-c2cnc(N)c(OCc3cccc(C#CC(C)(C)O)c3)c2)s1. The number of rotatable bonds is 5. The molecule has 1 saturated heterocycles. The van der Waals surface area contributed by atoms with Crippen LogP contribution in [0.15, 0.2) is 42.7 Å². The highest BCUT2D eigenvalue weighted by Gasteiger charge is 2.24. The summed E-state index contributed by atoms with van der Waals surface area (Å²) in [6.45, 7) is 8.92. The third-order valence-electron chi connectivity index (χ3n) is 5.57. The Morgan fingerprint density at radius 3 is 2.82 bits per heavy atom. The topological polar surface area (TPSA) is 87.7 Å². The second-order valence-corrected chi connectivity index (χ2v) is 10.2. The lowest BCUT2D eigenvalue weighted by atomic mass is 10.1. The molecule has 4 rings (SSSR count). The fourth-order valence-corrected chi connectivity index (χ4v) is 4.81. The van der Waals surface area contributed by atoms with Crippen LogP contribution in [0.4, 0.5) is 10.9 Å². The molecule has 1 unspecified atom stereocenters. The Morgan fingerprint density at radius 2 is 2.06 bits per heavy atom. The van der Waals surface area contributed by atoms with Crippen molar-refractivity contribution in [2.24, 2.45) is 0 Å². The van der Waals surface area contributed by atoms with E-state index in [4.69, 9.17) is 10.5 Å². The van der Waals surface area contributed by atoms with E-state index in [1.165, 1.54) is 0 Å². The van der Waals surface area contributed by atoms with Crippen molar-refractivity contribution in [1.82, 2.24) is 14.9 Å². The van der Waals surface area contributed by atoms with E-state index < -0.39 is 5.60 Å². The Bertz CT molecular complexity index is 1210. The number of hydrogen-bond acceptors (Lipinski definition) is 8. The lowest BCUT2D eigenvalue weighted by Crippen LogP contribution is -2.50. The van der Waals surface area contributed by atoms with E-state index in [2.05, 4.69) is 45.6 Å². The summed E-state index contributed by atoms with van der Waals surface area (Å²) in [5.74, 6) is 6.71. The van der Waals surface area contributed by atoms with Crippen LogP contribution in [0.5, 0.6) is 5.75 Å². The summed E-state index contributed by atoms with van der Waals surface area (Å²) < 4.78 is 6.02. The van der Waals surface area contributed by atoms with Crippen molar-refractivity contribution >= 4 is 22.3 Å². The summed E-state index contributed by atoms with van der Waals surface area (Å²) in [6, 6.07) is 10.1. The fourth-order valence-electron chi connectivity index (χ4n) is 3.79. The molecule has 34 heavy (non-hydrogen) atoms. The van der Waals surface area contributed by atoms with E-state index in [1.807, 2.05) is 36.5 Å². The molecular formula is C26H31N5O2S. The summed E-state index contributed by atoms with van der Waals surface area (Å²) >= 11 is 1.66. The molecule has 1 atom stereocenters. The Kier molecular flexibility index (Phi) is 7.08. The number of anilines is 2. The zero-order valence-electron chi connectivity index (χ0n) is 20.1. The number of nitrogens with two attached hydrogens (primary N) is 1. The van der Waals surface area contributed by atoms with Crippen LogP contribution in [-0.2, 0) is 6.61 Å². The Morgan fingerprint density at radius 1 is 1.24 bits per heavy atom. The number of nitrogen functional groups attached to an aromatic ring is 1. The zero-order chi connectivity index (χ0) is 24.3. The van der Waals surface area contributed by atoms with Crippen LogP contribution in [0.25, 0.3) is 10.4 Å². The second-order valence-electron chi connectivity index (χ2n) is 9.22. The third-order valence-corrected chi connectivity index (χ3v) is 6.65. The molecule has 1 aliphatic rings. The smallest absolute Gasteiger partial charge is 0.186 e. The van der Waals surface area contributed by atoms with Crippen molar-refractivity contribution in [1.29, 1.82) is 0 Å². The van der Waals surface area contributed by atoms with Crippen LogP contribution in [0.1, 0.15) is 31.9 Å². The Labute approximate surface area is 205 Å². The highest BCUT2D eigenvalue weighted by Crippen LogP contribution is 2.35. The maximum atomic E-state index is 9.82. The highest BCUT2D eigenvalue weighted by molar-refractivity contribution is 7.18. The van der Waals surface area contributed by atoms with Crippen molar-refractivity contribution in [3.05, 3.63) is 53.9 Å². The van der Waals surface area contributed by atoms with Crippen LogP contribution in [0, 0.1) is 11.8 Å². The van der Waals surface area contributed by atoms with E-state index >= 15 is 0 Å². The standard InChI is InChI=1S/C26H31N5O2S/c1-18-16-30(4)10-11-31(18)25-29-15-23(34-25)21-13-22(24(27)28-14-21)33-17-20-7-5-6-19(12-20)8-9-26(2,3)32/h5-7,12-15,18,32H,10-11,16-17H2,1-4H3,(H2,27,28). The number of thiazole rings is 1. The second kappa shape index (κ2) is 10.0. The molecule has 1 aliphatic heterocycles. The molecule has 3 N–H and O–H groups in total. The van der Waals surface area contributed by atoms with Crippen LogP contribution in [-0.4, -0.2) is 58.3 Å². The predicted octanol–water partition coefficient (Wildman–Crippen LogP) is 3.63. The summed E-state index contributed by atoms with van der Waals surface area (Å²) in [5.41, 5.74) is 7.77. The molecule has 0 radical (unpaired) electrons. The van der Waals surface area contributed by atoms with Crippen molar-refractivity contribution in [3.63, 3.8) is 0 Å². The number of ether oxygens (including phenoxy) is 1. The first-order valence-electron chi connectivity index (χ1n) is 11.3. The summed E-state index contributed by atoms with van der Waals surface area (Å²) in [7, 11) is 2.15. The van der Waals surface area contributed by atoms with Crippen LogP contribution in [0.2, 0.25) is 0 Å². The van der Waals surface area contributed by atoms with Gasteiger partial charge in [-0.2, -0.15) is 0 Å². The highest BCUT2D eigenvalue weighted by atomic mass is 32.1. The number of nitrogens with zero attached hydrogens (tertiary/aromatic N) is 4. The Hall–Kier alpha value is -3.12. The average Bonchev–Trinajstić information content (AvgIpc) is 3.27. The van der Waals surface area contributed by atoms with Gasteiger partial charge in [0.15, 0.2) is 16.7 Å². The fraction of sp³-hybridized carbons (Fsp3) is 0.385. The van der Waals surface area contributed by atoms with Gasteiger partial charge in [-0.05, 0) is 51.6 Å². The predicted molar refractivity (Wildman–Crippen MR) is 138 cm³/mol. The average molecular weight is 478 g/mol. The van der Waals surface area contributed by atoms with Gasteiger partial charge in [0.1, 0.15) is 12.2 Å². The number of piperazine rings is 1. The number of aromatic nitrogens is 2. The number of aliphatic hydroxyl groups is 1. The molecule has 1 fully saturated rings. The summed E-state index contributed by atoms with van der Waals surface area (Å²) in [4.78, 5) is 14.8. The van der Waals surface area contributed by atoms with E-state index in [0.29, 0.717) is 24.2 Å². The largest absolute Gasteiger partial charge is 0.485 e. The van der Waals surface area contributed by atoms with E-state index in [-0.39, 0.29) is 0 Å². The normalized spacial score (nSPS) is 16.7. The minimum absolute atomic E-state index is 0.333. The molecule has 1 aromatic carbocycles. The van der Waals surface area contributed by atoms with Crippen molar-refractivity contribution in [3.8, 4) is 28.0 Å². The van der Waals surface area contributed by atoms with Crippen molar-refractivity contribution in [2.45, 2.75) is 39.0 Å². The lowest BCUT2D eigenvalue weighted by Gasteiger charge is -2.38.